The van der Waals surface area contributed by atoms with Crippen molar-refractivity contribution in [1.29, 1.82) is 0 Å². The molecule has 2 aromatic rings. The first-order valence-electron chi connectivity index (χ1n) is 10.0. The molecule has 31 heavy (non-hydrogen) atoms. The topological polar surface area (TPSA) is 99.3 Å². The fraction of sp³-hybridized carbons (Fsp3) is 0.304. The van der Waals surface area contributed by atoms with Crippen molar-refractivity contribution in [1.82, 2.24) is 16.2 Å². The minimum atomic E-state index is -0.428. The normalized spacial score (nSPS) is 10.7. The van der Waals surface area contributed by atoms with Crippen molar-refractivity contribution < 1.29 is 14.4 Å². The molecule has 4 N–H and O–H groups in total. The van der Waals surface area contributed by atoms with E-state index in [-0.39, 0.29) is 22.3 Å². The number of amides is 3. The minimum absolute atomic E-state index is 0.0190. The zero-order chi connectivity index (χ0) is 23.0. The molecule has 7 nitrogen and oxygen atoms in total. The van der Waals surface area contributed by atoms with Gasteiger partial charge in [0.25, 0.3) is 11.8 Å². The van der Waals surface area contributed by atoms with Gasteiger partial charge in [-0.15, -0.1) is 0 Å². The summed E-state index contributed by atoms with van der Waals surface area (Å²) in [6.45, 7) is 8.23. The van der Waals surface area contributed by atoms with Gasteiger partial charge in [-0.25, -0.2) is 0 Å². The number of benzene rings is 2. The Morgan fingerprint density at radius 1 is 0.839 bits per heavy atom. The molecule has 0 saturated heterocycles. The second-order valence-electron chi connectivity index (χ2n) is 8.07. The van der Waals surface area contributed by atoms with E-state index in [0.29, 0.717) is 29.7 Å². The lowest BCUT2D eigenvalue weighted by molar-refractivity contribution is -0.119. The Hall–Kier alpha value is -3.26. The molecule has 164 valence electrons. The van der Waals surface area contributed by atoms with Gasteiger partial charge < -0.3 is 10.6 Å². The molecule has 0 radical (unpaired) electrons. The molecule has 0 heterocycles. The fourth-order valence-electron chi connectivity index (χ4n) is 2.66. The van der Waals surface area contributed by atoms with E-state index in [9.17, 15) is 14.4 Å². The molecule has 2 aromatic carbocycles. The maximum atomic E-state index is 12.5. The van der Waals surface area contributed by atoms with Gasteiger partial charge in [-0.3, -0.25) is 25.2 Å². The lowest BCUT2D eigenvalue weighted by Gasteiger charge is -2.19. The van der Waals surface area contributed by atoms with Crippen LogP contribution >= 0.6 is 12.2 Å². The Kier molecular flexibility index (Phi) is 8.27. The Balaban J connectivity index is 1.89. The average Bonchev–Trinajstić information content (AvgIpc) is 2.72. The molecular formula is C23H28N4O3S. The van der Waals surface area contributed by atoms with E-state index in [4.69, 9.17) is 12.2 Å². The maximum Gasteiger partial charge on any atom is 0.269 e. The number of hydrogen-bond donors (Lipinski definition) is 4. The van der Waals surface area contributed by atoms with Crippen LogP contribution < -0.4 is 21.5 Å². The molecule has 0 aliphatic carbocycles. The zero-order valence-electron chi connectivity index (χ0n) is 18.2. The summed E-state index contributed by atoms with van der Waals surface area (Å²) in [5.74, 6) is -0.877. The Labute approximate surface area is 188 Å². The maximum absolute atomic E-state index is 12.5. The highest BCUT2D eigenvalue weighted by molar-refractivity contribution is 7.80. The number of anilines is 1. The van der Waals surface area contributed by atoms with Crippen molar-refractivity contribution in [3.8, 4) is 0 Å². The van der Waals surface area contributed by atoms with Crippen LogP contribution in [-0.2, 0) is 10.2 Å². The third-order valence-corrected chi connectivity index (χ3v) is 4.64. The van der Waals surface area contributed by atoms with Gasteiger partial charge in [0.2, 0.25) is 5.91 Å². The SMILES string of the molecule is CCCC(=O)NC(=S)NNC(=O)c1ccc(NC(=O)c2ccc(C(C)(C)C)cc2)cc1. The van der Waals surface area contributed by atoms with Crippen LogP contribution in [0.15, 0.2) is 48.5 Å². The number of thiocarbonyl (C=S) groups is 1. The molecule has 3 amide bonds. The first kappa shape index (κ1) is 24.0. The molecule has 0 bridgehead atoms. The summed E-state index contributed by atoms with van der Waals surface area (Å²) in [6.07, 6.45) is 1.05. The molecule has 0 spiro atoms. The Morgan fingerprint density at radius 2 is 1.39 bits per heavy atom. The molecule has 0 aliphatic rings. The van der Waals surface area contributed by atoms with Crippen molar-refractivity contribution in [2.75, 3.05) is 5.32 Å². The molecule has 0 saturated carbocycles. The zero-order valence-corrected chi connectivity index (χ0v) is 19.0. The lowest BCUT2D eigenvalue weighted by atomic mass is 9.87. The van der Waals surface area contributed by atoms with Gasteiger partial charge in [0.1, 0.15) is 0 Å². The molecule has 0 aliphatic heterocycles. The van der Waals surface area contributed by atoms with Crippen molar-refractivity contribution in [2.24, 2.45) is 0 Å². The summed E-state index contributed by atoms with van der Waals surface area (Å²) in [6, 6.07) is 13.9. The number of hydrogen-bond acceptors (Lipinski definition) is 4. The van der Waals surface area contributed by atoms with Crippen LogP contribution in [0.4, 0.5) is 5.69 Å². The van der Waals surface area contributed by atoms with Gasteiger partial charge in [0.15, 0.2) is 5.11 Å². The fourth-order valence-corrected chi connectivity index (χ4v) is 2.83. The van der Waals surface area contributed by atoms with Crippen molar-refractivity contribution in [2.45, 2.75) is 46.0 Å². The number of carbonyl (C=O) groups is 3. The van der Waals surface area contributed by atoms with Gasteiger partial charge >= 0.3 is 0 Å². The second-order valence-corrected chi connectivity index (χ2v) is 8.47. The lowest BCUT2D eigenvalue weighted by Crippen LogP contribution is -2.48. The van der Waals surface area contributed by atoms with Gasteiger partial charge in [0, 0.05) is 23.2 Å². The summed E-state index contributed by atoms with van der Waals surface area (Å²) >= 11 is 4.95. The molecule has 2 rings (SSSR count). The van der Waals surface area contributed by atoms with Gasteiger partial charge in [-0.2, -0.15) is 0 Å². The van der Waals surface area contributed by atoms with Gasteiger partial charge in [-0.1, -0.05) is 39.8 Å². The second kappa shape index (κ2) is 10.7. The third kappa shape index (κ3) is 7.49. The summed E-state index contributed by atoms with van der Waals surface area (Å²) in [7, 11) is 0. The molecular weight excluding hydrogens is 412 g/mol. The van der Waals surface area contributed by atoms with E-state index >= 15 is 0 Å². The van der Waals surface area contributed by atoms with Gasteiger partial charge in [0.05, 0.1) is 0 Å². The number of nitrogens with one attached hydrogen (secondary N) is 4. The van der Waals surface area contributed by atoms with E-state index < -0.39 is 5.91 Å². The average molecular weight is 441 g/mol. The standard InChI is InChI=1S/C23H28N4O3S/c1-5-6-19(28)25-22(31)27-26-21(30)16-9-13-18(14-10-16)24-20(29)15-7-11-17(12-8-15)23(2,3)4/h7-14H,5-6H2,1-4H3,(H,24,29)(H,26,30)(H2,25,27,28,31). The van der Waals surface area contributed by atoms with E-state index in [1.807, 2.05) is 19.1 Å². The van der Waals surface area contributed by atoms with Crippen LogP contribution in [0.2, 0.25) is 0 Å². The van der Waals surface area contributed by atoms with Crippen molar-refractivity contribution in [3.63, 3.8) is 0 Å². The predicted molar refractivity (Wildman–Crippen MR) is 126 cm³/mol. The number of hydrazine groups is 1. The van der Waals surface area contributed by atoms with Crippen LogP contribution in [-0.4, -0.2) is 22.8 Å². The summed E-state index contributed by atoms with van der Waals surface area (Å²) < 4.78 is 0. The third-order valence-electron chi connectivity index (χ3n) is 4.44. The first-order chi connectivity index (χ1) is 14.6. The smallest absolute Gasteiger partial charge is 0.269 e. The van der Waals surface area contributed by atoms with Crippen molar-refractivity contribution >= 4 is 40.7 Å². The highest BCUT2D eigenvalue weighted by Gasteiger charge is 2.14. The number of carbonyl (C=O) groups excluding carboxylic acids is 3. The summed E-state index contributed by atoms with van der Waals surface area (Å²) in [5, 5.41) is 5.30. The predicted octanol–water partition coefficient (Wildman–Crippen LogP) is 3.67. The van der Waals surface area contributed by atoms with Crippen LogP contribution in [0, 0.1) is 0 Å². The van der Waals surface area contributed by atoms with E-state index in [1.54, 1.807) is 36.4 Å². The van der Waals surface area contributed by atoms with E-state index in [1.165, 1.54) is 0 Å². The Bertz CT molecular complexity index is 948. The molecule has 0 unspecified atom stereocenters. The molecule has 0 aromatic heterocycles. The first-order valence-corrected chi connectivity index (χ1v) is 10.4. The quantitative estimate of drug-likeness (QED) is 0.420. The van der Waals surface area contributed by atoms with E-state index in [0.717, 1.165) is 5.56 Å². The minimum Gasteiger partial charge on any atom is -0.322 e. The highest BCUT2D eigenvalue weighted by Crippen LogP contribution is 2.22. The highest BCUT2D eigenvalue weighted by atomic mass is 32.1. The number of rotatable bonds is 5. The van der Waals surface area contributed by atoms with Gasteiger partial charge in [-0.05, 0) is 66.0 Å². The summed E-state index contributed by atoms with van der Waals surface area (Å²) in [5.41, 5.74) is 7.55. The van der Waals surface area contributed by atoms with Crippen molar-refractivity contribution in [3.05, 3.63) is 65.2 Å². The largest absolute Gasteiger partial charge is 0.322 e. The molecule has 8 heteroatoms. The molecule has 0 atom stereocenters. The summed E-state index contributed by atoms with van der Waals surface area (Å²) in [4.78, 5) is 36.1. The Morgan fingerprint density at radius 3 is 1.94 bits per heavy atom. The van der Waals surface area contributed by atoms with Crippen LogP contribution in [0.1, 0.15) is 66.8 Å². The van der Waals surface area contributed by atoms with Crippen LogP contribution in [0.5, 0.6) is 0 Å². The molecule has 0 fully saturated rings. The monoisotopic (exact) mass is 440 g/mol. The van der Waals surface area contributed by atoms with Crippen LogP contribution in [0.25, 0.3) is 0 Å². The van der Waals surface area contributed by atoms with E-state index in [2.05, 4.69) is 42.3 Å². The van der Waals surface area contributed by atoms with Crippen LogP contribution in [0.3, 0.4) is 0 Å².